The summed E-state index contributed by atoms with van der Waals surface area (Å²) in [5.74, 6) is 6.30. The molecule has 2 N–H and O–H groups in total. The zero-order chi connectivity index (χ0) is 23.2. The highest BCUT2D eigenvalue weighted by Crippen LogP contribution is 2.28. The number of aldehydes is 1. The number of pyridine rings is 2. The second kappa shape index (κ2) is 9.79. The Bertz CT molecular complexity index is 1290. The minimum absolute atomic E-state index is 0.0141. The Morgan fingerprint density at radius 2 is 1.97 bits per heavy atom. The molecule has 1 fully saturated rings. The van der Waals surface area contributed by atoms with E-state index >= 15 is 0 Å². The number of nitrogens with one attached hydrogen (secondary N) is 1. The lowest BCUT2D eigenvalue weighted by molar-refractivity contribution is -0.904. The van der Waals surface area contributed by atoms with Crippen LogP contribution in [0.15, 0.2) is 78.9 Å². The first-order chi connectivity index (χ1) is 16.0. The van der Waals surface area contributed by atoms with Crippen LogP contribution < -0.4 is 14.9 Å². The zero-order valence-corrected chi connectivity index (χ0v) is 18.1. The molecule has 0 radical (unpaired) electrons. The molecule has 3 aromatic rings. The second-order valence-electron chi connectivity index (χ2n) is 7.74. The fraction of sp³-hybridized carbons (Fsp3) is 0.154. The molecule has 0 unspecified atom stereocenters. The topological polar surface area (TPSA) is 86.4 Å². The van der Waals surface area contributed by atoms with E-state index in [-0.39, 0.29) is 11.6 Å². The van der Waals surface area contributed by atoms with Crippen molar-refractivity contribution >= 4 is 23.7 Å². The zero-order valence-electron chi connectivity index (χ0n) is 18.1. The smallest absolute Gasteiger partial charge is 0.256 e. The molecular formula is C26H23N4O3+. The third-order valence-corrected chi connectivity index (χ3v) is 5.04. The molecule has 1 aliphatic carbocycles. The maximum absolute atomic E-state index is 12.6. The van der Waals surface area contributed by atoms with Crippen LogP contribution in [0.25, 0.3) is 0 Å². The standard InChI is InChI=1S/C26H22N4O3/c1-19-5-3-13-27-25(19)30(17-22(18-31)26(32)28-23-11-12-23)24-8-2-6-20(15-24)9-10-21-7-4-14-29(33)16-21/h2-8,13-18,23H,11-12H2,1H3,(H-,28,32,33)/p+1/b22-17+. The number of hydrogen-bond donors (Lipinski definition) is 2. The van der Waals surface area contributed by atoms with Gasteiger partial charge in [-0.05, 0) is 55.7 Å². The maximum Gasteiger partial charge on any atom is 0.256 e. The first kappa shape index (κ1) is 21.8. The summed E-state index contributed by atoms with van der Waals surface area (Å²) in [6, 6.07) is 14.8. The van der Waals surface area contributed by atoms with E-state index in [1.165, 1.54) is 18.6 Å². The van der Waals surface area contributed by atoms with Crippen molar-refractivity contribution in [3.8, 4) is 11.8 Å². The Hall–Kier alpha value is -4.44. The molecule has 0 saturated heterocycles. The molecule has 1 aromatic carbocycles. The van der Waals surface area contributed by atoms with Crippen LogP contribution >= 0.6 is 0 Å². The molecule has 164 valence electrons. The summed E-state index contributed by atoms with van der Waals surface area (Å²) < 4.78 is 0.949. The van der Waals surface area contributed by atoms with E-state index in [2.05, 4.69) is 22.1 Å². The highest BCUT2D eigenvalue weighted by Gasteiger charge is 2.25. The van der Waals surface area contributed by atoms with Crippen molar-refractivity contribution in [3.63, 3.8) is 0 Å². The lowest BCUT2D eigenvalue weighted by atomic mass is 10.1. The number of hydrogen-bond acceptors (Lipinski definition) is 5. The van der Waals surface area contributed by atoms with Crippen LogP contribution in [0, 0.1) is 18.8 Å². The number of carbonyl (C=O) groups is 2. The molecule has 1 saturated carbocycles. The first-order valence-electron chi connectivity index (χ1n) is 10.5. The molecule has 33 heavy (non-hydrogen) atoms. The largest absolute Gasteiger partial charge is 0.349 e. The molecule has 1 aliphatic rings. The van der Waals surface area contributed by atoms with Crippen LogP contribution in [-0.4, -0.2) is 28.4 Å². The van der Waals surface area contributed by atoms with Gasteiger partial charge in [-0.3, -0.25) is 14.8 Å². The van der Waals surface area contributed by atoms with Crippen molar-refractivity contribution in [2.45, 2.75) is 25.8 Å². The molecule has 1 amide bonds. The third kappa shape index (κ3) is 5.63. The van der Waals surface area contributed by atoms with Gasteiger partial charge in [0.05, 0.1) is 11.1 Å². The van der Waals surface area contributed by atoms with Gasteiger partial charge in [0.2, 0.25) is 12.4 Å². The highest BCUT2D eigenvalue weighted by atomic mass is 16.5. The van der Waals surface area contributed by atoms with Crippen LogP contribution in [0.2, 0.25) is 0 Å². The monoisotopic (exact) mass is 439 g/mol. The lowest BCUT2D eigenvalue weighted by Crippen LogP contribution is -2.29. The summed E-state index contributed by atoms with van der Waals surface area (Å²) in [6.07, 6.45) is 8.62. The average Bonchev–Trinajstić information content (AvgIpc) is 3.63. The van der Waals surface area contributed by atoms with Gasteiger partial charge in [-0.2, -0.15) is 0 Å². The van der Waals surface area contributed by atoms with Crippen molar-refractivity contribution in [1.82, 2.24) is 10.3 Å². The van der Waals surface area contributed by atoms with E-state index in [0.29, 0.717) is 23.4 Å². The number of aromatic nitrogens is 2. The van der Waals surface area contributed by atoms with Crippen molar-refractivity contribution in [2.24, 2.45) is 0 Å². The first-order valence-corrected chi connectivity index (χ1v) is 10.5. The minimum atomic E-state index is -0.400. The molecule has 7 nitrogen and oxygen atoms in total. The van der Waals surface area contributed by atoms with E-state index in [0.717, 1.165) is 28.7 Å². The van der Waals surface area contributed by atoms with Gasteiger partial charge in [-0.25, -0.2) is 4.98 Å². The van der Waals surface area contributed by atoms with Gasteiger partial charge < -0.3 is 10.2 Å². The maximum atomic E-state index is 12.6. The Labute approximate surface area is 192 Å². The molecule has 2 aromatic heterocycles. The Morgan fingerprint density at radius 3 is 2.70 bits per heavy atom. The van der Waals surface area contributed by atoms with Crippen LogP contribution in [-0.2, 0) is 9.59 Å². The number of aryl methyl sites for hydroxylation is 1. The summed E-state index contributed by atoms with van der Waals surface area (Å²) in [6.45, 7) is 1.91. The number of amides is 1. The summed E-state index contributed by atoms with van der Waals surface area (Å²) in [7, 11) is 0. The second-order valence-corrected chi connectivity index (χ2v) is 7.74. The van der Waals surface area contributed by atoms with Gasteiger partial charge in [0.1, 0.15) is 5.82 Å². The molecule has 0 atom stereocenters. The van der Waals surface area contributed by atoms with Gasteiger partial charge in [-0.1, -0.05) is 24.0 Å². The number of nitrogens with zero attached hydrogens (tertiary/aromatic N) is 3. The highest BCUT2D eigenvalue weighted by molar-refractivity contribution is 6.11. The van der Waals surface area contributed by atoms with Gasteiger partial charge in [0.25, 0.3) is 5.91 Å². The van der Waals surface area contributed by atoms with Crippen LogP contribution in [0.5, 0.6) is 0 Å². The van der Waals surface area contributed by atoms with Gasteiger partial charge in [-0.15, -0.1) is 0 Å². The number of carbonyl (C=O) groups excluding carboxylic acids is 2. The van der Waals surface area contributed by atoms with Crippen molar-refractivity contribution in [1.29, 1.82) is 0 Å². The molecule has 0 spiro atoms. The predicted octanol–water partition coefficient (Wildman–Crippen LogP) is 2.81. The van der Waals surface area contributed by atoms with E-state index < -0.39 is 5.91 Å². The predicted molar refractivity (Wildman–Crippen MR) is 123 cm³/mol. The molecular weight excluding hydrogens is 416 g/mol. The summed E-state index contributed by atoms with van der Waals surface area (Å²) in [4.78, 5) is 30.5. The normalized spacial score (nSPS) is 12.9. The lowest BCUT2D eigenvalue weighted by Gasteiger charge is -2.22. The Kier molecular flexibility index (Phi) is 6.46. The van der Waals surface area contributed by atoms with Gasteiger partial charge in [0, 0.05) is 40.5 Å². The summed E-state index contributed by atoms with van der Waals surface area (Å²) >= 11 is 0. The SMILES string of the molecule is Cc1cccnc1N(/C=C(\C=O)C(=O)NC1CC1)c1cccc(C#Cc2ccc[n+](O)c2)c1. The van der Waals surface area contributed by atoms with E-state index in [1.54, 1.807) is 23.2 Å². The molecule has 0 aliphatic heterocycles. The average molecular weight is 439 g/mol. The quantitative estimate of drug-likeness (QED) is 0.117. The fourth-order valence-corrected chi connectivity index (χ4v) is 3.18. The van der Waals surface area contributed by atoms with Gasteiger partial charge in [0.15, 0.2) is 6.29 Å². The molecule has 4 rings (SSSR count). The number of benzene rings is 1. The van der Waals surface area contributed by atoms with Gasteiger partial charge >= 0.3 is 0 Å². The minimum Gasteiger partial charge on any atom is -0.349 e. The molecule has 0 bridgehead atoms. The number of anilines is 2. The molecule has 2 heterocycles. The summed E-state index contributed by atoms with van der Waals surface area (Å²) in [5, 5.41) is 12.4. The van der Waals surface area contributed by atoms with Crippen LogP contribution in [0.4, 0.5) is 11.5 Å². The van der Waals surface area contributed by atoms with Crippen molar-refractivity contribution in [2.75, 3.05) is 4.90 Å². The van der Waals surface area contributed by atoms with Crippen molar-refractivity contribution < 1.29 is 19.5 Å². The third-order valence-electron chi connectivity index (χ3n) is 5.04. The van der Waals surface area contributed by atoms with Crippen LogP contribution in [0.1, 0.15) is 29.5 Å². The summed E-state index contributed by atoms with van der Waals surface area (Å²) in [5.41, 5.74) is 2.98. The fourth-order valence-electron chi connectivity index (χ4n) is 3.18. The van der Waals surface area contributed by atoms with E-state index in [9.17, 15) is 14.8 Å². The van der Waals surface area contributed by atoms with E-state index in [4.69, 9.17) is 0 Å². The Balaban J connectivity index is 1.72. The van der Waals surface area contributed by atoms with Crippen LogP contribution in [0.3, 0.4) is 0 Å². The number of rotatable bonds is 6. The van der Waals surface area contributed by atoms with Crippen molar-refractivity contribution in [3.05, 3.63) is 95.6 Å². The van der Waals surface area contributed by atoms with E-state index in [1.807, 2.05) is 43.3 Å². The molecule has 7 heteroatoms. The Morgan fingerprint density at radius 1 is 1.18 bits per heavy atom.